The van der Waals surface area contributed by atoms with Crippen LogP contribution >= 0.6 is 0 Å². The van der Waals surface area contributed by atoms with Crippen molar-refractivity contribution in [1.82, 2.24) is 29.5 Å². The molecule has 17 nitrogen and oxygen atoms in total. The van der Waals surface area contributed by atoms with Crippen LogP contribution in [-0.2, 0) is 14.8 Å². The highest BCUT2D eigenvalue weighted by atomic mass is 32.2. The number of nitro groups is 1. The van der Waals surface area contributed by atoms with E-state index in [1.54, 1.807) is 31.3 Å². The molecule has 2 saturated carbocycles. The zero-order chi connectivity index (χ0) is 48.1. The third kappa shape index (κ3) is 9.91. The van der Waals surface area contributed by atoms with Gasteiger partial charge in [-0.25, -0.2) is 23.1 Å². The predicted molar refractivity (Wildman–Crippen MR) is 262 cm³/mol. The Labute approximate surface area is 403 Å². The van der Waals surface area contributed by atoms with Crippen LogP contribution in [-0.4, -0.2) is 119 Å². The summed E-state index contributed by atoms with van der Waals surface area (Å²) in [6.45, 7) is 13.2. The van der Waals surface area contributed by atoms with E-state index in [1.807, 2.05) is 12.1 Å². The van der Waals surface area contributed by atoms with Gasteiger partial charge in [-0.15, -0.1) is 0 Å². The Balaban J connectivity index is 0.836. The number of benzene rings is 2. The Hall–Kier alpha value is -5.66. The lowest BCUT2D eigenvalue weighted by Gasteiger charge is -2.59. The molecule has 2 aromatic carbocycles. The molecule has 18 heteroatoms. The number of hydrogen-bond donors (Lipinski definition) is 4. The maximum atomic E-state index is 14.0. The molecule has 69 heavy (non-hydrogen) atoms. The average molecular weight is 962 g/mol. The average Bonchev–Trinajstić information content (AvgIpc) is 3.78. The smallest absolute Gasteiger partial charge is 0.312 e. The van der Waals surface area contributed by atoms with Crippen LogP contribution in [0.4, 0.5) is 17.2 Å². The number of pyridine rings is 2. The number of piperazine rings is 1. The molecular formula is C51H63N9O8S. The summed E-state index contributed by atoms with van der Waals surface area (Å²) in [6, 6.07) is 20.1. The summed E-state index contributed by atoms with van der Waals surface area (Å²) in [4.78, 5) is 44.3. The topological polar surface area (TPSA) is 208 Å². The molecule has 0 bridgehead atoms. The van der Waals surface area contributed by atoms with Crippen LogP contribution in [0.3, 0.4) is 0 Å². The number of nitrogens with one attached hydrogen (secondary N) is 3. The molecule has 1 atom stereocenters. The van der Waals surface area contributed by atoms with Crippen LogP contribution in [0.15, 0.2) is 84.1 Å². The summed E-state index contributed by atoms with van der Waals surface area (Å²) >= 11 is 0. The van der Waals surface area contributed by atoms with Gasteiger partial charge in [0, 0.05) is 80.8 Å². The molecule has 3 aliphatic heterocycles. The number of carbonyl (C=O) groups is 1. The van der Waals surface area contributed by atoms with Gasteiger partial charge in [-0.1, -0.05) is 38.1 Å². The largest absolute Gasteiger partial charge is 0.455 e. The number of nitrogens with zero attached hydrogens (tertiary/aromatic N) is 6. The van der Waals surface area contributed by atoms with Gasteiger partial charge in [-0.05, 0) is 111 Å². The number of ether oxygens (including phenoxy) is 2. The lowest BCUT2D eigenvalue weighted by molar-refractivity contribution is -0.384. The number of sulfonamides is 1. The lowest BCUT2D eigenvalue weighted by atomic mass is 9.59. The second-order valence-electron chi connectivity index (χ2n) is 20.7. The van der Waals surface area contributed by atoms with Gasteiger partial charge in [0.15, 0.2) is 0 Å². The van der Waals surface area contributed by atoms with E-state index >= 15 is 0 Å². The van der Waals surface area contributed by atoms with E-state index in [9.17, 15) is 28.4 Å². The zero-order valence-electron chi connectivity index (χ0n) is 39.6. The maximum Gasteiger partial charge on any atom is 0.312 e. The minimum Gasteiger partial charge on any atom is -0.455 e. The first-order valence-electron chi connectivity index (χ1n) is 24.5. The zero-order valence-corrected chi connectivity index (χ0v) is 40.4. The van der Waals surface area contributed by atoms with Crippen molar-refractivity contribution in [2.75, 3.05) is 62.7 Å². The first-order chi connectivity index (χ1) is 33.1. The molecule has 4 N–H and O–H groups in total. The van der Waals surface area contributed by atoms with Crippen LogP contribution in [0, 0.1) is 21.4 Å². The van der Waals surface area contributed by atoms with Gasteiger partial charge in [0.1, 0.15) is 22.0 Å². The second-order valence-corrected chi connectivity index (χ2v) is 22.4. The summed E-state index contributed by atoms with van der Waals surface area (Å²) in [7, 11) is -4.64. The van der Waals surface area contributed by atoms with E-state index in [1.165, 1.54) is 17.3 Å². The molecule has 5 aliphatic rings. The molecule has 3 saturated heterocycles. The Bertz CT molecular complexity index is 2810. The summed E-state index contributed by atoms with van der Waals surface area (Å²) in [5, 5.41) is 26.3. The van der Waals surface area contributed by atoms with Gasteiger partial charge in [-0.2, -0.15) is 0 Å². The van der Waals surface area contributed by atoms with Gasteiger partial charge < -0.3 is 29.8 Å². The molecule has 5 fully saturated rings. The Morgan fingerprint density at radius 3 is 2.48 bits per heavy atom. The first kappa shape index (κ1) is 47.0. The van der Waals surface area contributed by atoms with Crippen LogP contribution in [0.1, 0.15) is 106 Å². The van der Waals surface area contributed by atoms with Crippen molar-refractivity contribution in [3.05, 3.63) is 106 Å². The summed E-state index contributed by atoms with van der Waals surface area (Å²) in [5.41, 5.74) is 3.34. The maximum absolute atomic E-state index is 14.0. The molecule has 366 valence electrons. The van der Waals surface area contributed by atoms with Gasteiger partial charge in [-0.3, -0.25) is 24.7 Å². The number of aliphatic hydroxyl groups is 1. The molecular weight excluding hydrogens is 899 g/mol. The molecule has 3 aromatic heterocycles. The molecule has 10 rings (SSSR count). The first-order valence-corrected chi connectivity index (χ1v) is 26.0. The van der Waals surface area contributed by atoms with E-state index in [4.69, 9.17) is 9.47 Å². The van der Waals surface area contributed by atoms with Crippen molar-refractivity contribution in [2.24, 2.45) is 11.3 Å². The van der Waals surface area contributed by atoms with E-state index in [0.717, 1.165) is 108 Å². The molecule has 2 aliphatic carbocycles. The van der Waals surface area contributed by atoms with Crippen molar-refractivity contribution in [3.63, 3.8) is 0 Å². The highest BCUT2D eigenvalue weighted by Gasteiger charge is 2.50. The predicted octanol–water partition coefficient (Wildman–Crippen LogP) is 7.76. The third-order valence-electron chi connectivity index (χ3n) is 15.7. The monoisotopic (exact) mass is 961 g/mol. The van der Waals surface area contributed by atoms with Gasteiger partial charge in [0.05, 0.1) is 47.7 Å². The number of fused-ring (bicyclic) bond motifs is 1. The molecule has 0 radical (unpaired) electrons. The minimum atomic E-state index is -4.64. The number of rotatable bonds is 14. The van der Waals surface area contributed by atoms with Crippen molar-refractivity contribution in [1.29, 1.82) is 0 Å². The fraction of sp³-hybridized carbons (Fsp3) is 0.510. The quantitative estimate of drug-likeness (QED) is 0.0620. The van der Waals surface area contributed by atoms with Crippen LogP contribution in [0.25, 0.3) is 11.0 Å². The van der Waals surface area contributed by atoms with Crippen LogP contribution < -0.4 is 19.7 Å². The highest BCUT2D eigenvalue weighted by Crippen LogP contribution is 2.53. The lowest BCUT2D eigenvalue weighted by Crippen LogP contribution is -2.62. The third-order valence-corrected chi connectivity index (χ3v) is 17.0. The van der Waals surface area contributed by atoms with E-state index < -0.39 is 37.0 Å². The second kappa shape index (κ2) is 18.9. The van der Waals surface area contributed by atoms with Crippen molar-refractivity contribution in [3.8, 4) is 11.5 Å². The highest BCUT2D eigenvalue weighted by molar-refractivity contribution is 7.90. The Kier molecular flexibility index (Phi) is 12.9. The van der Waals surface area contributed by atoms with Gasteiger partial charge in [0.2, 0.25) is 5.82 Å². The summed E-state index contributed by atoms with van der Waals surface area (Å²) < 4.78 is 41.6. The number of hydrogen-bond acceptors (Lipinski definition) is 14. The Morgan fingerprint density at radius 2 is 1.75 bits per heavy atom. The van der Waals surface area contributed by atoms with Crippen LogP contribution in [0.2, 0.25) is 0 Å². The van der Waals surface area contributed by atoms with Crippen molar-refractivity contribution >= 4 is 44.2 Å². The number of anilines is 2. The van der Waals surface area contributed by atoms with Crippen molar-refractivity contribution < 1.29 is 32.7 Å². The molecule has 6 heterocycles. The number of carbonyl (C=O) groups excluding carboxylic acids is 1. The number of aromatic nitrogens is 3. The van der Waals surface area contributed by atoms with E-state index in [0.29, 0.717) is 54.8 Å². The fourth-order valence-corrected chi connectivity index (χ4v) is 12.3. The van der Waals surface area contributed by atoms with Crippen molar-refractivity contribution in [2.45, 2.75) is 107 Å². The summed E-state index contributed by atoms with van der Waals surface area (Å²) in [6.07, 6.45) is 11.4. The molecule has 1 spiro atoms. The van der Waals surface area contributed by atoms with E-state index in [2.05, 4.69) is 77.8 Å². The number of aromatic amines is 1. The van der Waals surface area contributed by atoms with Gasteiger partial charge in [0.25, 0.3) is 15.9 Å². The number of amides is 1. The van der Waals surface area contributed by atoms with E-state index in [-0.39, 0.29) is 28.5 Å². The molecule has 5 aromatic rings. The number of H-pyrrole nitrogens is 1. The summed E-state index contributed by atoms with van der Waals surface area (Å²) in [5.74, 6) is 0.0449. The number of piperidine rings is 1. The Morgan fingerprint density at radius 1 is 0.986 bits per heavy atom. The SMILES string of the molecule is CC(C)c1ccccc1[C@@H]1CN(C2COC2)CCN1C1CC2(CCN(c3ccc(C(=O)NS(=O)(=O)c4cnc(NCC5CCC(C)(O)CC5)c([N+](=O)[O-])c4)c(Oc4cnc5[nH]ccc5c4)c3)CC2)C1. The minimum absolute atomic E-state index is 0.0439. The standard InChI is InChI=1S/C51H63N9O8S/c1-33(2)41-6-4-5-7-42(41)45-30-58(38-31-67-32-38)20-21-59(45)37-25-51(26-37)15-18-57(19-16-51)36-8-9-43(46(23-36)68-39-22-35-12-17-52-47(35)54-28-39)49(61)56-69(65,66)40-24-44(60(63)64)48(55-29-40)53-27-34-10-13-50(3,62)14-11-34/h4-9,12,17,22-24,28-29,33-34,37-38,45,62H,10-11,13-16,18-21,25-27,30-32H2,1-3H3,(H,52,54)(H,53,55)(H,56,61)/t34?,45-,50?/m0/s1. The van der Waals surface area contributed by atoms with Crippen LogP contribution in [0.5, 0.6) is 11.5 Å². The van der Waals surface area contributed by atoms with Gasteiger partial charge >= 0.3 is 5.69 Å². The normalized spacial score (nSPS) is 23.7. The molecule has 0 unspecified atom stereocenters. The molecule has 1 amide bonds. The fourth-order valence-electron chi connectivity index (χ4n) is 11.4.